The first kappa shape index (κ1) is 14.4. The molecule has 19 heavy (non-hydrogen) atoms. The highest BCUT2D eigenvalue weighted by atomic mass is 32.1. The van der Waals surface area contributed by atoms with E-state index in [1.54, 1.807) is 0 Å². The van der Waals surface area contributed by atoms with Gasteiger partial charge in [-0.15, -0.1) is 10.2 Å². The van der Waals surface area contributed by atoms with Crippen molar-refractivity contribution in [3.8, 4) is 0 Å². The van der Waals surface area contributed by atoms with Crippen LogP contribution >= 0.6 is 11.3 Å². The van der Waals surface area contributed by atoms with Crippen LogP contribution in [0.2, 0.25) is 0 Å². The summed E-state index contributed by atoms with van der Waals surface area (Å²) in [7, 11) is 0. The maximum absolute atomic E-state index is 12.2. The monoisotopic (exact) mass is 282 g/mol. The van der Waals surface area contributed by atoms with Crippen molar-refractivity contribution in [3.63, 3.8) is 0 Å². The molecule has 1 N–H and O–H groups in total. The lowest BCUT2D eigenvalue weighted by Crippen LogP contribution is -2.46. The van der Waals surface area contributed by atoms with Crippen molar-refractivity contribution in [2.45, 2.75) is 46.1 Å². The average molecular weight is 282 g/mol. The second-order valence-electron chi connectivity index (χ2n) is 5.26. The van der Waals surface area contributed by atoms with Crippen molar-refractivity contribution in [2.75, 3.05) is 18.4 Å². The third-order valence-electron chi connectivity index (χ3n) is 3.62. The lowest BCUT2D eigenvalue weighted by Gasteiger charge is -2.34. The Labute approximate surface area is 118 Å². The van der Waals surface area contributed by atoms with E-state index in [0.717, 1.165) is 24.5 Å². The lowest BCUT2D eigenvalue weighted by molar-refractivity contribution is -0.121. The number of aryl methyl sites for hydroxylation is 1. The molecule has 0 unspecified atom stereocenters. The Morgan fingerprint density at radius 3 is 3.00 bits per heavy atom. The van der Waals surface area contributed by atoms with Gasteiger partial charge in [-0.3, -0.25) is 15.0 Å². The number of carbonyl (C=O) groups is 1. The molecule has 0 aliphatic carbocycles. The topological polar surface area (TPSA) is 58.1 Å². The van der Waals surface area contributed by atoms with Gasteiger partial charge >= 0.3 is 0 Å². The molecule has 1 saturated heterocycles. The van der Waals surface area contributed by atoms with Gasteiger partial charge in [-0.05, 0) is 38.6 Å². The Bertz CT molecular complexity index is 434. The molecule has 0 bridgehead atoms. The summed E-state index contributed by atoms with van der Waals surface area (Å²) in [4.78, 5) is 14.5. The minimum Gasteiger partial charge on any atom is -0.299 e. The normalized spacial score (nSPS) is 22.2. The highest BCUT2D eigenvalue weighted by molar-refractivity contribution is 7.15. The van der Waals surface area contributed by atoms with Gasteiger partial charge in [0.05, 0.1) is 6.04 Å². The first-order chi connectivity index (χ1) is 9.10. The van der Waals surface area contributed by atoms with Crippen LogP contribution in [-0.2, 0) is 11.2 Å². The third kappa shape index (κ3) is 3.73. The number of hydrogen-bond acceptors (Lipinski definition) is 5. The zero-order valence-corrected chi connectivity index (χ0v) is 12.7. The van der Waals surface area contributed by atoms with E-state index in [1.165, 1.54) is 24.2 Å². The van der Waals surface area contributed by atoms with Crippen LogP contribution in [0.4, 0.5) is 5.13 Å². The van der Waals surface area contributed by atoms with Gasteiger partial charge in [0.25, 0.3) is 0 Å². The van der Waals surface area contributed by atoms with E-state index in [-0.39, 0.29) is 11.9 Å². The molecule has 1 aliphatic rings. The Hall–Kier alpha value is -1.01. The van der Waals surface area contributed by atoms with Crippen LogP contribution in [0.3, 0.4) is 0 Å². The average Bonchev–Trinajstić information content (AvgIpc) is 2.85. The van der Waals surface area contributed by atoms with Gasteiger partial charge in [-0.2, -0.15) is 0 Å². The number of nitrogens with zero attached hydrogens (tertiary/aromatic N) is 3. The van der Waals surface area contributed by atoms with Gasteiger partial charge in [-0.1, -0.05) is 25.2 Å². The molecule has 1 aromatic rings. The van der Waals surface area contributed by atoms with Crippen molar-refractivity contribution in [1.29, 1.82) is 0 Å². The summed E-state index contributed by atoms with van der Waals surface area (Å²) in [5, 5.41) is 12.4. The number of nitrogens with one attached hydrogen (secondary N) is 1. The fourth-order valence-electron chi connectivity index (χ4n) is 2.40. The van der Waals surface area contributed by atoms with Gasteiger partial charge in [0.1, 0.15) is 5.01 Å². The third-order valence-corrected chi connectivity index (χ3v) is 4.60. The Kier molecular flexibility index (Phi) is 4.87. The van der Waals surface area contributed by atoms with Crippen LogP contribution in [0, 0.1) is 5.92 Å². The fourth-order valence-corrected chi connectivity index (χ4v) is 3.08. The Morgan fingerprint density at radius 1 is 1.58 bits per heavy atom. The highest BCUT2D eigenvalue weighted by Crippen LogP contribution is 2.20. The number of rotatable bonds is 4. The first-order valence-corrected chi connectivity index (χ1v) is 7.79. The van der Waals surface area contributed by atoms with Crippen LogP contribution in [0.1, 0.15) is 38.6 Å². The fraction of sp³-hybridized carbons (Fsp3) is 0.769. The molecular formula is C13H22N4OS. The SMILES string of the molecule is CCc1nnc(NC(=O)[C@H](C)N2CCC[C@H](C)C2)s1. The molecule has 106 valence electrons. The van der Waals surface area contributed by atoms with E-state index in [0.29, 0.717) is 11.0 Å². The van der Waals surface area contributed by atoms with E-state index in [4.69, 9.17) is 0 Å². The molecule has 1 aromatic heterocycles. The molecule has 0 saturated carbocycles. The van der Waals surface area contributed by atoms with Crippen molar-refractivity contribution in [1.82, 2.24) is 15.1 Å². The van der Waals surface area contributed by atoms with Gasteiger partial charge < -0.3 is 0 Å². The van der Waals surface area contributed by atoms with Gasteiger partial charge in [0.2, 0.25) is 11.0 Å². The number of carbonyl (C=O) groups excluding carboxylic acids is 1. The molecular weight excluding hydrogens is 260 g/mol. The quantitative estimate of drug-likeness (QED) is 0.919. The van der Waals surface area contributed by atoms with Crippen LogP contribution in [0.5, 0.6) is 0 Å². The van der Waals surface area contributed by atoms with Crippen molar-refractivity contribution < 1.29 is 4.79 Å². The molecule has 2 atom stereocenters. The van der Waals surface area contributed by atoms with E-state index >= 15 is 0 Å². The summed E-state index contributed by atoms with van der Waals surface area (Å²) in [6, 6.07) is -0.100. The van der Waals surface area contributed by atoms with E-state index in [1.807, 2.05) is 13.8 Å². The molecule has 0 spiro atoms. The van der Waals surface area contributed by atoms with Crippen LogP contribution in [0.25, 0.3) is 0 Å². The number of amides is 1. The predicted octanol–water partition coefficient (Wildman–Crippen LogP) is 2.16. The number of aromatic nitrogens is 2. The molecule has 2 heterocycles. The summed E-state index contributed by atoms with van der Waals surface area (Å²) < 4.78 is 0. The molecule has 1 amide bonds. The van der Waals surface area contributed by atoms with Gasteiger partial charge in [0.15, 0.2) is 0 Å². The van der Waals surface area contributed by atoms with Gasteiger partial charge in [-0.25, -0.2) is 0 Å². The first-order valence-electron chi connectivity index (χ1n) is 6.97. The Balaban J connectivity index is 1.91. The molecule has 0 aromatic carbocycles. The largest absolute Gasteiger partial charge is 0.299 e. The van der Waals surface area contributed by atoms with Crippen LogP contribution in [0.15, 0.2) is 0 Å². The zero-order chi connectivity index (χ0) is 13.8. The summed E-state index contributed by atoms with van der Waals surface area (Å²) in [5.74, 6) is 0.699. The van der Waals surface area contributed by atoms with E-state index in [9.17, 15) is 4.79 Å². The number of piperidine rings is 1. The predicted molar refractivity (Wildman–Crippen MR) is 77.3 cm³/mol. The van der Waals surface area contributed by atoms with E-state index < -0.39 is 0 Å². The summed E-state index contributed by atoms with van der Waals surface area (Å²) in [6.45, 7) is 8.26. The zero-order valence-electron chi connectivity index (χ0n) is 11.8. The number of likely N-dealkylation sites (tertiary alicyclic amines) is 1. The summed E-state index contributed by atoms with van der Waals surface area (Å²) in [6.07, 6.45) is 3.30. The molecule has 0 radical (unpaired) electrons. The second-order valence-corrected chi connectivity index (χ2v) is 6.32. The van der Waals surface area contributed by atoms with Gasteiger partial charge in [0, 0.05) is 6.54 Å². The minimum atomic E-state index is -0.100. The number of hydrogen-bond donors (Lipinski definition) is 1. The maximum Gasteiger partial charge on any atom is 0.243 e. The van der Waals surface area contributed by atoms with Crippen molar-refractivity contribution >= 4 is 22.4 Å². The van der Waals surface area contributed by atoms with E-state index in [2.05, 4.69) is 27.3 Å². The minimum absolute atomic E-state index is 0.0212. The Morgan fingerprint density at radius 2 is 2.37 bits per heavy atom. The van der Waals surface area contributed by atoms with Crippen LogP contribution in [-0.4, -0.2) is 40.1 Å². The molecule has 1 aliphatic heterocycles. The standard InChI is InChI=1S/C13H22N4OS/c1-4-11-15-16-13(19-11)14-12(18)10(3)17-7-5-6-9(2)8-17/h9-10H,4-8H2,1-3H3,(H,14,16,18)/t9-,10-/m0/s1. The summed E-state index contributed by atoms with van der Waals surface area (Å²) >= 11 is 1.45. The lowest BCUT2D eigenvalue weighted by atomic mass is 9.99. The maximum atomic E-state index is 12.2. The van der Waals surface area contributed by atoms with Crippen molar-refractivity contribution in [2.24, 2.45) is 5.92 Å². The molecule has 2 rings (SSSR count). The number of anilines is 1. The summed E-state index contributed by atoms with van der Waals surface area (Å²) in [5.41, 5.74) is 0. The van der Waals surface area contributed by atoms with Crippen LogP contribution < -0.4 is 5.32 Å². The molecule has 1 fully saturated rings. The molecule has 5 nitrogen and oxygen atoms in total. The molecule has 6 heteroatoms. The van der Waals surface area contributed by atoms with Crippen molar-refractivity contribution in [3.05, 3.63) is 5.01 Å². The second kappa shape index (κ2) is 6.43. The highest BCUT2D eigenvalue weighted by Gasteiger charge is 2.26. The smallest absolute Gasteiger partial charge is 0.243 e.